The van der Waals surface area contributed by atoms with E-state index in [-0.39, 0.29) is 12.1 Å². The van der Waals surface area contributed by atoms with Crippen molar-refractivity contribution in [1.82, 2.24) is 5.32 Å². The van der Waals surface area contributed by atoms with Gasteiger partial charge in [0.1, 0.15) is 5.75 Å². The number of ether oxygens (including phenoxy) is 2. The predicted molar refractivity (Wildman–Crippen MR) is 69.8 cm³/mol. The van der Waals surface area contributed by atoms with Gasteiger partial charge in [-0.2, -0.15) is 0 Å². The number of benzene rings is 1. The zero-order chi connectivity index (χ0) is 13.0. The molecule has 2 atom stereocenters. The minimum atomic E-state index is 0.0936. The number of aryl methyl sites for hydroxylation is 1. The summed E-state index contributed by atoms with van der Waals surface area (Å²) in [7, 11) is 0. The number of phenolic OH excluding ortho intramolecular Hbond substituents is 1. The molecule has 1 aromatic carbocycles. The normalized spacial score (nSPS) is 21.8. The molecule has 2 N–H and O–H groups in total. The summed E-state index contributed by atoms with van der Waals surface area (Å²) >= 11 is 0. The maximum absolute atomic E-state index is 9.90. The van der Waals surface area contributed by atoms with Crippen LogP contribution < -0.4 is 5.32 Å². The Labute approximate surface area is 108 Å². The first-order valence-corrected chi connectivity index (χ1v) is 6.39. The van der Waals surface area contributed by atoms with Crippen LogP contribution in [0.25, 0.3) is 0 Å². The molecule has 0 aromatic heterocycles. The molecule has 1 heterocycles. The van der Waals surface area contributed by atoms with Gasteiger partial charge in [0.2, 0.25) is 0 Å². The third kappa shape index (κ3) is 3.45. The van der Waals surface area contributed by atoms with Crippen molar-refractivity contribution in [1.29, 1.82) is 0 Å². The summed E-state index contributed by atoms with van der Waals surface area (Å²) in [5.74, 6) is 0.343. The van der Waals surface area contributed by atoms with Gasteiger partial charge >= 0.3 is 0 Å². The van der Waals surface area contributed by atoms with E-state index in [0.29, 0.717) is 25.6 Å². The first-order chi connectivity index (χ1) is 8.66. The molecule has 1 aliphatic heterocycles. The largest absolute Gasteiger partial charge is 0.508 e. The summed E-state index contributed by atoms with van der Waals surface area (Å²) in [6.07, 6.45) is 0.105. The fraction of sp³-hybridized carbons (Fsp3) is 0.571. The number of rotatable bonds is 4. The highest BCUT2D eigenvalue weighted by molar-refractivity contribution is 5.37. The summed E-state index contributed by atoms with van der Waals surface area (Å²) in [5.41, 5.74) is 1.98. The Bertz CT molecular complexity index is 389. The highest BCUT2D eigenvalue weighted by Crippen LogP contribution is 2.24. The molecule has 0 aliphatic carbocycles. The maximum Gasteiger partial charge on any atom is 0.120 e. The molecule has 0 amide bonds. The lowest BCUT2D eigenvalue weighted by Crippen LogP contribution is -2.38. The monoisotopic (exact) mass is 251 g/mol. The van der Waals surface area contributed by atoms with E-state index in [0.717, 1.165) is 17.7 Å². The van der Waals surface area contributed by atoms with Crippen molar-refractivity contribution >= 4 is 0 Å². The van der Waals surface area contributed by atoms with Gasteiger partial charge in [-0.25, -0.2) is 0 Å². The van der Waals surface area contributed by atoms with Crippen molar-refractivity contribution in [3.8, 4) is 5.75 Å². The van der Waals surface area contributed by atoms with Gasteiger partial charge < -0.3 is 19.9 Å². The molecule has 1 aromatic rings. The minimum absolute atomic E-state index is 0.0936. The van der Waals surface area contributed by atoms with Gasteiger partial charge in [0.15, 0.2) is 0 Å². The summed E-state index contributed by atoms with van der Waals surface area (Å²) in [5, 5.41) is 13.3. The molecule has 4 heteroatoms. The second kappa shape index (κ2) is 6.18. The Morgan fingerprint density at radius 2 is 2.28 bits per heavy atom. The van der Waals surface area contributed by atoms with Gasteiger partial charge in [-0.1, -0.05) is 12.1 Å². The molecule has 1 saturated heterocycles. The number of hydrogen-bond acceptors (Lipinski definition) is 4. The molecule has 0 spiro atoms. The SMILES string of the molecule is Cc1ccc(C(C)NCC2COCCO2)c(O)c1. The molecule has 0 saturated carbocycles. The van der Waals surface area contributed by atoms with Crippen LogP contribution in [0.15, 0.2) is 18.2 Å². The fourth-order valence-corrected chi connectivity index (χ4v) is 2.09. The molecule has 2 unspecified atom stereocenters. The molecule has 0 radical (unpaired) electrons. The smallest absolute Gasteiger partial charge is 0.120 e. The second-order valence-electron chi connectivity index (χ2n) is 4.76. The Morgan fingerprint density at radius 1 is 1.44 bits per heavy atom. The van der Waals surface area contributed by atoms with Crippen LogP contribution in [0.3, 0.4) is 0 Å². The fourth-order valence-electron chi connectivity index (χ4n) is 2.09. The van der Waals surface area contributed by atoms with Crippen LogP contribution in [0.1, 0.15) is 24.1 Å². The number of nitrogens with one attached hydrogen (secondary N) is 1. The van der Waals surface area contributed by atoms with Gasteiger partial charge in [0.05, 0.1) is 25.9 Å². The molecule has 1 fully saturated rings. The quantitative estimate of drug-likeness (QED) is 0.856. The molecule has 2 rings (SSSR count). The van der Waals surface area contributed by atoms with Gasteiger partial charge in [-0.15, -0.1) is 0 Å². The zero-order valence-corrected chi connectivity index (χ0v) is 11.0. The summed E-state index contributed by atoms with van der Waals surface area (Å²) < 4.78 is 10.9. The third-order valence-electron chi connectivity index (χ3n) is 3.19. The van der Waals surface area contributed by atoms with Crippen molar-refractivity contribution in [3.63, 3.8) is 0 Å². The predicted octanol–water partition coefficient (Wildman–Crippen LogP) is 1.77. The van der Waals surface area contributed by atoms with Gasteiger partial charge in [-0.05, 0) is 25.5 Å². The van der Waals surface area contributed by atoms with Crippen LogP contribution in [0.5, 0.6) is 5.75 Å². The van der Waals surface area contributed by atoms with E-state index in [1.807, 2.05) is 26.0 Å². The average molecular weight is 251 g/mol. The average Bonchev–Trinajstić information content (AvgIpc) is 2.37. The summed E-state index contributed by atoms with van der Waals surface area (Å²) in [6.45, 7) is 6.72. The topological polar surface area (TPSA) is 50.7 Å². The molecule has 4 nitrogen and oxygen atoms in total. The number of phenols is 1. The van der Waals surface area contributed by atoms with E-state index in [9.17, 15) is 5.11 Å². The lowest BCUT2D eigenvalue weighted by atomic mass is 10.0. The molecular weight excluding hydrogens is 230 g/mol. The van der Waals surface area contributed by atoms with Crippen LogP contribution >= 0.6 is 0 Å². The van der Waals surface area contributed by atoms with E-state index in [1.165, 1.54) is 0 Å². The number of aromatic hydroxyl groups is 1. The molecular formula is C14H21NO3. The van der Waals surface area contributed by atoms with Crippen molar-refractivity contribution < 1.29 is 14.6 Å². The molecule has 18 heavy (non-hydrogen) atoms. The first kappa shape index (κ1) is 13.3. The van der Waals surface area contributed by atoms with E-state index in [1.54, 1.807) is 6.07 Å². The van der Waals surface area contributed by atoms with Crippen LogP contribution in [0.2, 0.25) is 0 Å². The van der Waals surface area contributed by atoms with Gasteiger partial charge in [0.25, 0.3) is 0 Å². The maximum atomic E-state index is 9.90. The standard InChI is InChI=1S/C14H21NO3/c1-10-3-4-13(14(16)7-10)11(2)15-8-12-9-17-5-6-18-12/h3-4,7,11-12,15-16H,5-6,8-9H2,1-2H3. The Balaban J connectivity index is 1.88. The molecule has 0 bridgehead atoms. The summed E-state index contributed by atoms with van der Waals surface area (Å²) in [4.78, 5) is 0. The summed E-state index contributed by atoms with van der Waals surface area (Å²) in [6, 6.07) is 5.85. The van der Waals surface area contributed by atoms with Crippen LogP contribution in [-0.4, -0.2) is 37.6 Å². The van der Waals surface area contributed by atoms with E-state index < -0.39 is 0 Å². The van der Waals surface area contributed by atoms with Crippen LogP contribution in [0.4, 0.5) is 0 Å². The Morgan fingerprint density at radius 3 is 2.94 bits per heavy atom. The minimum Gasteiger partial charge on any atom is -0.508 e. The van der Waals surface area contributed by atoms with Crippen molar-refractivity contribution in [2.45, 2.75) is 26.0 Å². The lowest BCUT2D eigenvalue weighted by molar-refractivity contribution is -0.0869. The highest BCUT2D eigenvalue weighted by atomic mass is 16.6. The van der Waals surface area contributed by atoms with E-state index in [4.69, 9.17) is 9.47 Å². The highest BCUT2D eigenvalue weighted by Gasteiger charge is 2.16. The van der Waals surface area contributed by atoms with Crippen molar-refractivity contribution in [3.05, 3.63) is 29.3 Å². The van der Waals surface area contributed by atoms with Crippen LogP contribution in [-0.2, 0) is 9.47 Å². The van der Waals surface area contributed by atoms with Crippen LogP contribution in [0, 0.1) is 6.92 Å². The van der Waals surface area contributed by atoms with Crippen molar-refractivity contribution in [2.75, 3.05) is 26.4 Å². The Kier molecular flexibility index (Phi) is 4.58. The molecule has 100 valence electrons. The second-order valence-corrected chi connectivity index (χ2v) is 4.76. The van der Waals surface area contributed by atoms with Crippen molar-refractivity contribution in [2.24, 2.45) is 0 Å². The first-order valence-electron chi connectivity index (χ1n) is 6.39. The van der Waals surface area contributed by atoms with Gasteiger partial charge in [0, 0.05) is 18.2 Å². The van der Waals surface area contributed by atoms with E-state index in [2.05, 4.69) is 5.32 Å². The number of hydrogen-bond donors (Lipinski definition) is 2. The molecule has 1 aliphatic rings. The lowest BCUT2D eigenvalue weighted by Gasteiger charge is -2.25. The van der Waals surface area contributed by atoms with E-state index >= 15 is 0 Å². The third-order valence-corrected chi connectivity index (χ3v) is 3.19. The Hall–Kier alpha value is -1.10. The van der Waals surface area contributed by atoms with Gasteiger partial charge in [-0.3, -0.25) is 0 Å². The zero-order valence-electron chi connectivity index (χ0n) is 11.0.